The number of benzene rings is 1. The first-order valence-corrected chi connectivity index (χ1v) is 7.35. The van der Waals surface area contributed by atoms with Crippen LogP contribution in [0.4, 0.5) is 0 Å². The molecule has 1 unspecified atom stereocenters. The Kier molecular flexibility index (Phi) is 4.48. The second-order valence-electron chi connectivity index (χ2n) is 5.32. The van der Waals surface area contributed by atoms with Crippen molar-refractivity contribution in [2.24, 2.45) is 5.73 Å². The van der Waals surface area contributed by atoms with Gasteiger partial charge in [0.15, 0.2) is 0 Å². The molecule has 0 aliphatic rings. The second kappa shape index (κ2) is 5.93. The lowest BCUT2D eigenvalue weighted by atomic mass is 10.1. The van der Waals surface area contributed by atoms with Crippen molar-refractivity contribution >= 4 is 22.6 Å². The maximum Gasteiger partial charge on any atom is 0.127 e. The van der Waals surface area contributed by atoms with Crippen molar-refractivity contribution in [2.45, 2.75) is 52.1 Å². The van der Waals surface area contributed by atoms with Gasteiger partial charge in [-0.05, 0) is 38.5 Å². The molecule has 2 aromatic rings. The molecule has 19 heavy (non-hydrogen) atoms. The molecule has 0 aliphatic carbocycles. The lowest BCUT2D eigenvalue weighted by molar-refractivity contribution is 0.510. The van der Waals surface area contributed by atoms with Gasteiger partial charge in [-0.1, -0.05) is 31.4 Å². The van der Waals surface area contributed by atoms with Crippen LogP contribution in [0.1, 0.15) is 57.9 Å². The van der Waals surface area contributed by atoms with Gasteiger partial charge >= 0.3 is 0 Å². The van der Waals surface area contributed by atoms with Crippen LogP contribution in [0.5, 0.6) is 0 Å². The Bertz CT molecular complexity index is 560. The molecule has 1 heterocycles. The van der Waals surface area contributed by atoms with Gasteiger partial charge in [-0.2, -0.15) is 0 Å². The van der Waals surface area contributed by atoms with Gasteiger partial charge in [-0.25, -0.2) is 4.98 Å². The van der Waals surface area contributed by atoms with Gasteiger partial charge in [-0.15, -0.1) is 0 Å². The smallest absolute Gasteiger partial charge is 0.127 e. The highest BCUT2D eigenvalue weighted by Gasteiger charge is 2.18. The summed E-state index contributed by atoms with van der Waals surface area (Å²) in [5.41, 5.74) is 8.35. The van der Waals surface area contributed by atoms with Crippen LogP contribution in [-0.4, -0.2) is 9.55 Å². The van der Waals surface area contributed by atoms with Gasteiger partial charge in [0.1, 0.15) is 5.82 Å². The topological polar surface area (TPSA) is 43.8 Å². The molecule has 0 spiro atoms. The van der Waals surface area contributed by atoms with E-state index in [-0.39, 0.29) is 6.04 Å². The summed E-state index contributed by atoms with van der Waals surface area (Å²) < 4.78 is 2.21. The van der Waals surface area contributed by atoms with Crippen molar-refractivity contribution in [1.29, 1.82) is 0 Å². The number of nitrogens with two attached hydrogens (primary N) is 1. The molecule has 3 nitrogen and oxygen atoms in total. The van der Waals surface area contributed by atoms with Crippen LogP contribution in [0.25, 0.3) is 11.0 Å². The molecule has 2 N–H and O–H groups in total. The van der Waals surface area contributed by atoms with E-state index in [0.717, 1.165) is 41.1 Å². The predicted octanol–water partition coefficient (Wildman–Crippen LogP) is 4.46. The quantitative estimate of drug-likeness (QED) is 0.878. The summed E-state index contributed by atoms with van der Waals surface area (Å²) in [5.74, 6) is 0.973. The molecule has 1 aromatic carbocycles. The first-order chi connectivity index (χ1) is 9.04. The summed E-state index contributed by atoms with van der Waals surface area (Å²) in [4.78, 5) is 4.71. The monoisotopic (exact) mass is 279 g/mol. The zero-order valence-electron chi connectivity index (χ0n) is 11.9. The van der Waals surface area contributed by atoms with E-state index in [9.17, 15) is 0 Å². The number of halogens is 1. The van der Waals surface area contributed by atoms with Crippen LogP contribution in [0.2, 0.25) is 5.02 Å². The van der Waals surface area contributed by atoms with E-state index in [2.05, 4.69) is 25.3 Å². The van der Waals surface area contributed by atoms with Crippen molar-refractivity contribution in [2.75, 3.05) is 0 Å². The first-order valence-electron chi connectivity index (χ1n) is 6.97. The van der Waals surface area contributed by atoms with Crippen molar-refractivity contribution in [1.82, 2.24) is 9.55 Å². The molecule has 0 aliphatic heterocycles. The molecule has 0 bridgehead atoms. The Morgan fingerprint density at radius 2 is 2.11 bits per heavy atom. The molecule has 0 fully saturated rings. The fourth-order valence-electron chi connectivity index (χ4n) is 2.44. The Morgan fingerprint density at radius 1 is 1.37 bits per heavy atom. The lowest BCUT2D eigenvalue weighted by Crippen LogP contribution is -2.17. The number of fused-ring (bicyclic) bond motifs is 1. The van der Waals surface area contributed by atoms with Gasteiger partial charge in [0.2, 0.25) is 0 Å². The maximum absolute atomic E-state index is 6.31. The highest BCUT2D eigenvalue weighted by atomic mass is 35.5. The summed E-state index contributed by atoms with van der Waals surface area (Å²) in [6.45, 7) is 6.48. The largest absolute Gasteiger partial charge is 0.324 e. The molecular weight excluding hydrogens is 258 g/mol. The summed E-state index contributed by atoms with van der Waals surface area (Å²) >= 11 is 6.10. The van der Waals surface area contributed by atoms with Gasteiger partial charge in [-0.3, -0.25) is 0 Å². The van der Waals surface area contributed by atoms with Crippen molar-refractivity contribution in [3.8, 4) is 0 Å². The van der Waals surface area contributed by atoms with Gasteiger partial charge in [0, 0.05) is 11.1 Å². The van der Waals surface area contributed by atoms with Crippen LogP contribution >= 0.6 is 11.6 Å². The highest BCUT2D eigenvalue weighted by Crippen LogP contribution is 2.28. The molecular formula is C15H22ClN3. The minimum absolute atomic E-state index is 0.00599. The van der Waals surface area contributed by atoms with Gasteiger partial charge in [0.05, 0.1) is 17.1 Å². The maximum atomic E-state index is 6.31. The third kappa shape index (κ3) is 2.93. The second-order valence-corrected chi connectivity index (χ2v) is 5.75. The van der Waals surface area contributed by atoms with Crippen LogP contribution in [0.15, 0.2) is 18.2 Å². The van der Waals surface area contributed by atoms with Crippen LogP contribution < -0.4 is 5.73 Å². The third-order valence-electron chi connectivity index (χ3n) is 3.40. The van der Waals surface area contributed by atoms with E-state index in [0.29, 0.717) is 6.04 Å². The Morgan fingerprint density at radius 3 is 2.74 bits per heavy atom. The van der Waals surface area contributed by atoms with E-state index in [4.69, 9.17) is 22.3 Å². The fourth-order valence-corrected chi connectivity index (χ4v) is 2.61. The molecule has 0 saturated heterocycles. The molecule has 4 heteroatoms. The minimum atomic E-state index is -0.00599. The number of hydrogen-bond donors (Lipinski definition) is 1. The first kappa shape index (κ1) is 14.4. The Balaban J connectivity index is 2.50. The zero-order chi connectivity index (χ0) is 14.0. The summed E-state index contributed by atoms with van der Waals surface area (Å²) in [5, 5.41) is 0.739. The SMILES string of the molecule is CCCCC(N)c1nc2ccc(Cl)cc2n1C(C)C. The van der Waals surface area contributed by atoms with Crippen LogP contribution in [0, 0.1) is 0 Å². The standard InChI is InChI=1S/C15H22ClN3/c1-4-5-6-12(17)15-18-13-8-7-11(16)9-14(13)19(15)10(2)3/h7-10,12H,4-6,17H2,1-3H3. The predicted molar refractivity (Wildman–Crippen MR) is 81.6 cm³/mol. The number of nitrogens with zero attached hydrogens (tertiary/aromatic N) is 2. The highest BCUT2D eigenvalue weighted by molar-refractivity contribution is 6.31. The molecule has 104 valence electrons. The van der Waals surface area contributed by atoms with Crippen LogP contribution in [0.3, 0.4) is 0 Å². The summed E-state index contributed by atoms with van der Waals surface area (Å²) in [6.07, 6.45) is 3.25. The van der Waals surface area contributed by atoms with Gasteiger partial charge in [0.25, 0.3) is 0 Å². The molecule has 2 rings (SSSR count). The van der Waals surface area contributed by atoms with E-state index < -0.39 is 0 Å². The summed E-state index contributed by atoms with van der Waals surface area (Å²) in [6, 6.07) is 6.13. The van der Waals surface area contributed by atoms with E-state index in [1.165, 1.54) is 0 Å². The van der Waals surface area contributed by atoms with Crippen molar-refractivity contribution in [3.05, 3.63) is 29.0 Å². The average Bonchev–Trinajstić information content (AvgIpc) is 2.74. The summed E-state index contributed by atoms with van der Waals surface area (Å²) in [7, 11) is 0. The fraction of sp³-hybridized carbons (Fsp3) is 0.533. The van der Waals surface area contributed by atoms with E-state index in [1.54, 1.807) is 0 Å². The number of aromatic nitrogens is 2. The normalized spacial score (nSPS) is 13.4. The van der Waals surface area contributed by atoms with E-state index in [1.807, 2.05) is 18.2 Å². The number of hydrogen-bond acceptors (Lipinski definition) is 2. The van der Waals surface area contributed by atoms with Crippen molar-refractivity contribution in [3.63, 3.8) is 0 Å². The third-order valence-corrected chi connectivity index (χ3v) is 3.63. The number of unbranched alkanes of at least 4 members (excludes halogenated alkanes) is 1. The minimum Gasteiger partial charge on any atom is -0.324 e. The average molecular weight is 280 g/mol. The van der Waals surface area contributed by atoms with Crippen molar-refractivity contribution < 1.29 is 0 Å². The van der Waals surface area contributed by atoms with Gasteiger partial charge < -0.3 is 10.3 Å². The molecule has 1 atom stereocenters. The Labute approximate surface area is 119 Å². The molecule has 0 amide bonds. The Hall–Kier alpha value is -1.06. The number of rotatable bonds is 5. The zero-order valence-corrected chi connectivity index (χ0v) is 12.6. The molecule has 1 aromatic heterocycles. The molecule has 0 radical (unpaired) electrons. The number of imidazole rings is 1. The molecule has 0 saturated carbocycles. The van der Waals surface area contributed by atoms with E-state index >= 15 is 0 Å². The van der Waals surface area contributed by atoms with Crippen LogP contribution in [-0.2, 0) is 0 Å². The lowest BCUT2D eigenvalue weighted by Gasteiger charge is -2.17.